The van der Waals surface area contributed by atoms with Crippen molar-refractivity contribution in [2.75, 3.05) is 13.7 Å². The minimum atomic E-state index is 0.569. The molecule has 1 aliphatic carbocycles. The van der Waals surface area contributed by atoms with Crippen LogP contribution in [0.3, 0.4) is 0 Å². The molecule has 1 aliphatic rings. The van der Waals surface area contributed by atoms with E-state index in [4.69, 9.17) is 10.5 Å². The minimum Gasteiger partial charge on any atom is -0.496 e. The molecule has 0 heterocycles. The Bertz CT molecular complexity index is 435. The molecule has 1 aromatic carbocycles. The lowest BCUT2D eigenvalue weighted by Crippen LogP contribution is -2.07. The van der Waals surface area contributed by atoms with E-state index in [0.29, 0.717) is 6.54 Å². The maximum atomic E-state index is 5.53. The molecule has 0 amide bonds. The predicted octanol–water partition coefficient (Wildman–Crippen LogP) is 2.85. The predicted molar refractivity (Wildman–Crippen MR) is 72.5 cm³/mol. The molecule has 0 aliphatic heterocycles. The summed E-state index contributed by atoms with van der Waals surface area (Å²) in [6, 6.07) is 2.21. The summed E-state index contributed by atoms with van der Waals surface area (Å²) in [4.78, 5) is 0. The molecule has 2 heteroatoms. The van der Waals surface area contributed by atoms with Gasteiger partial charge < -0.3 is 10.5 Å². The molecular formula is C15H21NO. The second-order valence-corrected chi connectivity index (χ2v) is 4.60. The third-order valence-electron chi connectivity index (χ3n) is 3.58. The minimum absolute atomic E-state index is 0.569. The first kappa shape index (κ1) is 12.2. The van der Waals surface area contributed by atoms with Crippen molar-refractivity contribution in [1.29, 1.82) is 0 Å². The van der Waals surface area contributed by atoms with Crippen molar-refractivity contribution in [3.63, 3.8) is 0 Å². The van der Waals surface area contributed by atoms with Crippen LogP contribution < -0.4 is 10.5 Å². The van der Waals surface area contributed by atoms with Gasteiger partial charge in [0.2, 0.25) is 0 Å². The Hall–Kier alpha value is -1.28. The molecule has 2 nitrogen and oxygen atoms in total. The number of benzene rings is 1. The third-order valence-corrected chi connectivity index (χ3v) is 3.58. The largest absolute Gasteiger partial charge is 0.496 e. The van der Waals surface area contributed by atoms with Crippen LogP contribution in [0.5, 0.6) is 5.75 Å². The molecule has 2 N–H and O–H groups in total. The fraction of sp³-hybridized carbons (Fsp3) is 0.467. The van der Waals surface area contributed by atoms with E-state index >= 15 is 0 Å². The molecule has 0 radical (unpaired) electrons. The van der Waals surface area contributed by atoms with Crippen LogP contribution in [0.25, 0.3) is 6.08 Å². The summed E-state index contributed by atoms with van der Waals surface area (Å²) in [6.07, 6.45) is 9.07. The molecule has 0 saturated heterocycles. The molecule has 0 atom stereocenters. The van der Waals surface area contributed by atoms with Gasteiger partial charge in [0.25, 0.3) is 0 Å². The highest BCUT2D eigenvalue weighted by Crippen LogP contribution is 2.33. The Balaban J connectivity index is 2.52. The Kier molecular flexibility index (Phi) is 3.85. The zero-order chi connectivity index (χ0) is 12.3. The number of aryl methyl sites for hydroxylation is 1. The highest BCUT2D eigenvalue weighted by molar-refractivity contribution is 5.65. The summed E-state index contributed by atoms with van der Waals surface area (Å²) in [5.74, 6) is 0.979. The van der Waals surface area contributed by atoms with E-state index in [-0.39, 0.29) is 0 Å². The molecule has 17 heavy (non-hydrogen) atoms. The lowest BCUT2D eigenvalue weighted by atomic mass is 9.86. The normalized spacial score (nSPS) is 15.0. The third kappa shape index (κ3) is 2.37. The average Bonchev–Trinajstić information content (AvgIpc) is 2.37. The Labute approximate surface area is 103 Å². The van der Waals surface area contributed by atoms with Gasteiger partial charge in [0, 0.05) is 12.1 Å². The lowest BCUT2D eigenvalue weighted by Gasteiger charge is -2.21. The first-order valence-electron chi connectivity index (χ1n) is 6.34. The van der Waals surface area contributed by atoms with Gasteiger partial charge in [0.05, 0.1) is 7.11 Å². The van der Waals surface area contributed by atoms with Crippen molar-refractivity contribution < 1.29 is 4.74 Å². The van der Waals surface area contributed by atoms with Crippen LogP contribution in [0.4, 0.5) is 0 Å². The Morgan fingerprint density at radius 3 is 2.82 bits per heavy atom. The molecule has 0 aromatic heterocycles. The van der Waals surface area contributed by atoms with Crippen LogP contribution >= 0.6 is 0 Å². The Morgan fingerprint density at radius 1 is 1.35 bits per heavy atom. The lowest BCUT2D eigenvalue weighted by molar-refractivity contribution is 0.412. The summed E-state index contributed by atoms with van der Waals surface area (Å²) in [6.45, 7) is 2.77. The first-order valence-corrected chi connectivity index (χ1v) is 6.34. The summed E-state index contributed by atoms with van der Waals surface area (Å²) < 4.78 is 5.50. The molecule has 0 fully saturated rings. The van der Waals surface area contributed by atoms with E-state index in [9.17, 15) is 0 Å². The quantitative estimate of drug-likeness (QED) is 0.868. The molecule has 2 rings (SSSR count). The van der Waals surface area contributed by atoms with E-state index in [1.54, 1.807) is 7.11 Å². The van der Waals surface area contributed by atoms with Gasteiger partial charge in [0.15, 0.2) is 0 Å². The van der Waals surface area contributed by atoms with Crippen molar-refractivity contribution >= 4 is 6.08 Å². The number of fused-ring (bicyclic) bond motifs is 1. The molecule has 1 aromatic rings. The topological polar surface area (TPSA) is 35.2 Å². The first-order chi connectivity index (χ1) is 8.27. The highest BCUT2D eigenvalue weighted by atomic mass is 16.5. The number of hydrogen-bond acceptors (Lipinski definition) is 2. The van der Waals surface area contributed by atoms with Gasteiger partial charge >= 0.3 is 0 Å². The van der Waals surface area contributed by atoms with Crippen molar-refractivity contribution in [3.05, 3.63) is 34.4 Å². The molecule has 0 bridgehead atoms. The number of nitrogens with two attached hydrogens (primary N) is 1. The van der Waals surface area contributed by atoms with E-state index in [0.717, 1.165) is 5.75 Å². The number of rotatable bonds is 3. The van der Waals surface area contributed by atoms with Crippen LogP contribution in [0, 0.1) is 6.92 Å². The second kappa shape index (κ2) is 5.37. The van der Waals surface area contributed by atoms with E-state index < -0.39 is 0 Å². The zero-order valence-electron chi connectivity index (χ0n) is 10.8. The monoisotopic (exact) mass is 231 g/mol. The highest BCUT2D eigenvalue weighted by Gasteiger charge is 2.16. The van der Waals surface area contributed by atoms with E-state index in [1.807, 2.05) is 6.08 Å². The molecule has 0 saturated carbocycles. The fourth-order valence-corrected chi connectivity index (χ4v) is 2.66. The van der Waals surface area contributed by atoms with Gasteiger partial charge in [-0.05, 0) is 55.4 Å². The maximum absolute atomic E-state index is 5.53. The maximum Gasteiger partial charge on any atom is 0.126 e. The number of hydrogen-bond donors (Lipinski definition) is 1. The van der Waals surface area contributed by atoms with Crippen molar-refractivity contribution in [3.8, 4) is 5.75 Å². The van der Waals surface area contributed by atoms with E-state index in [1.165, 1.54) is 47.9 Å². The summed E-state index contributed by atoms with van der Waals surface area (Å²) in [5.41, 5.74) is 11.1. The van der Waals surface area contributed by atoms with E-state index in [2.05, 4.69) is 19.1 Å². The van der Waals surface area contributed by atoms with Crippen molar-refractivity contribution in [2.24, 2.45) is 5.73 Å². The van der Waals surface area contributed by atoms with Crippen LogP contribution in [-0.2, 0) is 12.8 Å². The van der Waals surface area contributed by atoms with Crippen LogP contribution in [-0.4, -0.2) is 13.7 Å². The van der Waals surface area contributed by atoms with Gasteiger partial charge in [-0.25, -0.2) is 0 Å². The standard InChI is InChI=1S/C15H21NO/c1-11-13-7-4-3-6-12(13)10-15(17-2)14(11)8-5-9-16/h5,8,10H,3-4,6-7,9,16H2,1-2H3/b8-5+. The molecule has 0 unspecified atom stereocenters. The van der Waals surface area contributed by atoms with Gasteiger partial charge in [-0.2, -0.15) is 0 Å². The smallest absolute Gasteiger partial charge is 0.126 e. The van der Waals surface area contributed by atoms with Crippen LogP contribution in [0.15, 0.2) is 12.1 Å². The van der Waals surface area contributed by atoms with Crippen LogP contribution in [0.2, 0.25) is 0 Å². The zero-order valence-corrected chi connectivity index (χ0v) is 10.8. The SMILES string of the molecule is COc1cc2c(c(C)c1/C=C/CN)CCCC2. The van der Waals surface area contributed by atoms with Gasteiger partial charge in [-0.15, -0.1) is 0 Å². The molecule has 0 spiro atoms. The Morgan fingerprint density at radius 2 is 2.12 bits per heavy atom. The van der Waals surface area contributed by atoms with Gasteiger partial charge in [-0.1, -0.05) is 12.2 Å². The molecular weight excluding hydrogens is 210 g/mol. The second-order valence-electron chi connectivity index (χ2n) is 4.60. The summed E-state index contributed by atoms with van der Waals surface area (Å²) in [5, 5.41) is 0. The van der Waals surface area contributed by atoms with Crippen LogP contribution in [0.1, 0.15) is 35.1 Å². The summed E-state index contributed by atoms with van der Waals surface area (Å²) in [7, 11) is 1.74. The van der Waals surface area contributed by atoms with Gasteiger partial charge in [-0.3, -0.25) is 0 Å². The van der Waals surface area contributed by atoms with Crippen molar-refractivity contribution in [1.82, 2.24) is 0 Å². The number of methoxy groups -OCH3 is 1. The van der Waals surface area contributed by atoms with Crippen molar-refractivity contribution in [2.45, 2.75) is 32.6 Å². The number of ether oxygens (including phenoxy) is 1. The summed E-state index contributed by atoms with van der Waals surface area (Å²) >= 11 is 0. The van der Waals surface area contributed by atoms with Gasteiger partial charge in [0.1, 0.15) is 5.75 Å². The molecule has 92 valence electrons. The fourth-order valence-electron chi connectivity index (χ4n) is 2.66. The average molecular weight is 231 g/mol.